The van der Waals surface area contributed by atoms with Gasteiger partial charge in [0.05, 0.1) is 12.5 Å². The number of rotatable bonds is 3. The molecule has 5 rings (SSSR count). The summed E-state index contributed by atoms with van der Waals surface area (Å²) in [6, 6.07) is 16.3. The Bertz CT molecular complexity index is 912. The molecule has 28 heavy (non-hydrogen) atoms. The summed E-state index contributed by atoms with van der Waals surface area (Å²) in [4.78, 5) is 26.3. The fourth-order valence-electron chi connectivity index (χ4n) is 4.94. The highest BCUT2D eigenvalue weighted by molar-refractivity contribution is 5.81. The molecule has 0 radical (unpaired) electrons. The normalized spacial score (nSPS) is 25.2. The molecule has 1 N–H and O–H groups in total. The first-order valence-corrected chi connectivity index (χ1v) is 9.56. The first kappa shape index (κ1) is 17.3. The Morgan fingerprint density at radius 2 is 1.79 bits per heavy atom. The zero-order valence-electron chi connectivity index (χ0n) is 15.3. The fourth-order valence-corrected chi connectivity index (χ4v) is 4.94. The Kier molecular flexibility index (Phi) is 3.91. The number of hydrogen-bond acceptors (Lipinski definition) is 5. The van der Waals surface area contributed by atoms with E-state index in [9.17, 15) is 14.7 Å². The molecule has 2 aromatic rings. The van der Waals surface area contributed by atoms with Gasteiger partial charge in [-0.3, -0.25) is 9.69 Å². The summed E-state index contributed by atoms with van der Waals surface area (Å²) < 4.78 is 10.8. The second kappa shape index (κ2) is 6.34. The van der Waals surface area contributed by atoms with Crippen molar-refractivity contribution in [1.29, 1.82) is 0 Å². The highest BCUT2D eigenvalue weighted by atomic mass is 16.6. The predicted octanol–water partition coefficient (Wildman–Crippen LogP) is 2.55. The largest absolute Gasteiger partial charge is 0.463 e. The number of likely N-dealkylation sites (tertiary alicyclic amines) is 1. The van der Waals surface area contributed by atoms with Crippen molar-refractivity contribution in [3.63, 3.8) is 0 Å². The van der Waals surface area contributed by atoms with Crippen LogP contribution < -0.4 is 0 Å². The third-order valence-electron chi connectivity index (χ3n) is 6.41. The van der Waals surface area contributed by atoms with E-state index in [2.05, 4.69) is 24.3 Å². The summed E-state index contributed by atoms with van der Waals surface area (Å²) in [5, 5.41) is 9.92. The standard InChI is InChI=1S/C22H21NO5/c24-12-22-13-28-20(25)19(22)9-10-23(22)21(26)27-11-18-16-7-3-1-5-14(16)15-6-2-4-8-17(15)18/h1-8,18-19,24H,9-13H2/t19-,22+/m0/s1. The highest BCUT2D eigenvalue weighted by Gasteiger charge is 2.59. The topological polar surface area (TPSA) is 76.1 Å². The molecule has 2 atom stereocenters. The highest BCUT2D eigenvalue weighted by Crippen LogP contribution is 2.45. The molecule has 144 valence electrons. The molecule has 2 fully saturated rings. The third-order valence-corrected chi connectivity index (χ3v) is 6.41. The van der Waals surface area contributed by atoms with E-state index in [-0.39, 0.29) is 31.7 Å². The van der Waals surface area contributed by atoms with Crippen LogP contribution in [0.2, 0.25) is 0 Å². The molecule has 2 saturated heterocycles. The molecule has 2 aromatic carbocycles. The molecule has 3 aliphatic rings. The van der Waals surface area contributed by atoms with E-state index in [1.54, 1.807) is 0 Å². The van der Waals surface area contributed by atoms with Crippen LogP contribution in [0.15, 0.2) is 48.5 Å². The van der Waals surface area contributed by atoms with E-state index in [1.165, 1.54) is 16.0 Å². The molecule has 1 aliphatic carbocycles. The van der Waals surface area contributed by atoms with Gasteiger partial charge in [0.25, 0.3) is 0 Å². The summed E-state index contributed by atoms with van der Waals surface area (Å²) in [6.45, 7) is 0.312. The maximum atomic E-state index is 12.9. The predicted molar refractivity (Wildman–Crippen MR) is 101 cm³/mol. The molecule has 2 aliphatic heterocycles. The van der Waals surface area contributed by atoms with Gasteiger partial charge in [0.1, 0.15) is 18.8 Å². The van der Waals surface area contributed by atoms with E-state index in [1.807, 2.05) is 24.3 Å². The number of carbonyl (C=O) groups excluding carboxylic acids is 2. The van der Waals surface area contributed by atoms with Gasteiger partial charge >= 0.3 is 12.1 Å². The van der Waals surface area contributed by atoms with Crippen LogP contribution in [0.3, 0.4) is 0 Å². The number of benzene rings is 2. The molecular weight excluding hydrogens is 358 g/mol. The summed E-state index contributed by atoms with van der Waals surface area (Å²) in [5.41, 5.74) is 3.64. The molecule has 0 saturated carbocycles. The lowest BCUT2D eigenvalue weighted by molar-refractivity contribution is -0.141. The van der Waals surface area contributed by atoms with Crippen LogP contribution in [0, 0.1) is 5.92 Å². The summed E-state index contributed by atoms with van der Waals surface area (Å²) in [7, 11) is 0. The Labute approximate surface area is 162 Å². The van der Waals surface area contributed by atoms with Crippen LogP contribution in [-0.4, -0.2) is 54.0 Å². The van der Waals surface area contributed by atoms with Crippen LogP contribution in [0.1, 0.15) is 23.5 Å². The van der Waals surface area contributed by atoms with Gasteiger partial charge in [-0.25, -0.2) is 4.79 Å². The summed E-state index contributed by atoms with van der Waals surface area (Å²) >= 11 is 0. The van der Waals surface area contributed by atoms with Crippen molar-refractivity contribution in [2.75, 3.05) is 26.4 Å². The van der Waals surface area contributed by atoms with Gasteiger partial charge in [-0.15, -0.1) is 0 Å². The summed E-state index contributed by atoms with van der Waals surface area (Å²) in [6.07, 6.45) is -0.0134. The van der Waals surface area contributed by atoms with Crippen molar-refractivity contribution in [3.05, 3.63) is 59.7 Å². The molecule has 1 amide bonds. The number of aliphatic hydroxyl groups excluding tert-OH is 1. The van der Waals surface area contributed by atoms with Gasteiger partial charge in [0, 0.05) is 12.5 Å². The molecule has 0 spiro atoms. The fraction of sp³-hybridized carbons (Fsp3) is 0.364. The van der Waals surface area contributed by atoms with E-state index in [0.29, 0.717) is 13.0 Å². The average molecular weight is 379 g/mol. The number of ether oxygens (including phenoxy) is 2. The van der Waals surface area contributed by atoms with E-state index in [0.717, 1.165) is 11.1 Å². The summed E-state index contributed by atoms with van der Waals surface area (Å²) in [5.74, 6) is -0.845. The van der Waals surface area contributed by atoms with Gasteiger partial charge < -0.3 is 14.6 Å². The van der Waals surface area contributed by atoms with Crippen LogP contribution in [0.4, 0.5) is 4.79 Å². The molecule has 2 heterocycles. The molecule has 0 aromatic heterocycles. The number of hydrogen-bond donors (Lipinski definition) is 1. The van der Waals surface area contributed by atoms with E-state index < -0.39 is 17.6 Å². The second-order valence-corrected chi connectivity index (χ2v) is 7.67. The monoisotopic (exact) mass is 379 g/mol. The lowest BCUT2D eigenvalue weighted by Crippen LogP contribution is -2.54. The van der Waals surface area contributed by atoms with Crippen LogP contribution in [0.25, 0.3) is 11.1 Å². The quantitative estimate of drug-likeness (QED) is 0.830. The average Bonchev–Trinajstić information content (AvgIpc) is 3.37. The minimum atomic E-state index is -0.986. The Hall–Kier alpha value is -2.86. The maximum absolute atomic E-state index is 12.9. The molecule has 0 unspecified atom stereocenters. The van der Waals surface area contributed by atoms with Crippen LogP contribution in [0.5, 0.6) is 0 Å². The number of amides is 1. The lowest BCUT2D eigenvalue weighted by Gasteiger charge is -2.33. The first-order valence-electron chi connectivity index (χ1n) is 9.56. The Morgan fingerprint density at radius 1 is 1.14 bits per heavy atom. The molecule has 6 heteroatoms. The minimum Gasteiger partial charge on any atom is -0.463 e. The SMILES string of the molecule is O=C1OC[C@]2(CO)[C@H]1CCN2C(=O)OCC1c2ccccc2-c2ccccc21. The van der Waals surface area contributed by atoms with Crippen molar-refractivity contribution in [2.45, 2.75) is 17.9 Å². The van der Waals surface area contributed by atoms with Crippen molar-refractivity contribution >= 4 is 12.1 Å². The second-order valence-electron chi connectivity index (χ2n) is 7.67. The van der Waals surface area contributed by atoms with Gasteiger partial charge in [-0.1, -0.05) is 48.5 Å². The number of aliphatic hydroxyl groups is 1. The smallest absolute Gasteiger partial charge is 0.410 e. The van der Waals surface area contributed by atoms with Crippen LogP contribution in [-0.2, 0) is 14.3 Å². The van der Waals surface area contributed by atoms with Crippen molar-refractivity contribution < 1.29 is 24.2 Å². The Balaban J connectivity index is 1.37. The van der Waals surface area contributed by atoms with Gasteiger partial charge in [0.2, 0.25) is 0 Å². The number of nitrogens with zero attached hydrogens (tertiary/aromatic N) is 1. The van der Waals surface area contributed by atoms with Crippen molar-refractivity contribution in [3.8, 4) is 11.1 Å². The van der Waals surface area contributed by atoms with Crippen molar-refractivity contribution in [1.82, 2.24) is 4.90 Å². The minimum absolute atomic E-state index is 0.0250. The third kappa shape index (κ3) is 2.31. The number of cyclic esters (lactones) is 1. The van der Waals surface area contributed by atoms with Gasteiger partial charge in [-0.2, -0.15) is 0 Å². The number of esters is 1. The lowest BCUT2D eigenvalue weighted by atomic mass is 9.88. The number of carbonyl (C=O) groups is 2. The van der Waals surface area contributed by atoms with Gasteiger partial charge in [-0.05, 0) is 28.7 Å². The zero-order valence-corrected chi connectivity index (χ0v) is 15.3. The molecular formula is C22H21NO5. The zero-order chi connectivity index (χ0) is 19.3. The van der Waals surface area contributed by atoms with E-state index >= 15 is 0 Å². The number of fused-ring (bicyclic) bond motifs is 4. The first-order chi connectivity index (χ1) is 13.7. The maximum Gasteiger partial charge on any atom is 0.410 e. The van der Waals surface area contributed by atoms with Crippen molar-refractivity contribution in [2.24, 2.45) is 5.92 Å². The molecule has 0 bridgehead atoms. The van der Waals surface area contributed by atoms with Crippen LogP contribution >= 0.6 is 0 Å². The van der Waals surface area contributed by atoms with E-state index in [4.69, 9.17) is 9.47 Å². The van der Waals surface area contributed by atoms with Gasteiger partial charge in [0.15, 0.2) is 0 Å². The Morgan fingerprint density at radius 3 is 2.43 bits per heavy atom. The molecule has 6 nitrogen and oxygen atoms in total.